The Labute approximate surface area is 137 Å². The van der Waals surface area contributed by atoms with E-state index < -0.39 is 0 Å². The summed E-state index contributed by atoms with van der Waals surface area (Å²) in [5, 5.41) is 3.71. The molecular formula is C18H28BrNO. The summed E-state index contributed by atoms with van der Waals surface area (Å²) in [5.74, 6) is 1.63. The minimum atomic E-state index is 0.415. The number of halogens is 1. The van der Waals surface area contributed by atoms with Gasteiger partial charge in [0.2, 0.25) is 0 Å². The minimum Gasteiger partial charge on any atom is -0.493 e. The predicted octanol–water partition coefficient (Wildman–Crippen LogP) is 5.32. The Morgan fingerprint density at radius 1 is 1.38 bits per heavy atom. The van der Waals surface area contributed by atoms with Crippen LogP contribution in [0.1, 0.15) is 58.6 Å². The third-order valence-corrected chi connectivity index (χ3v) is 5.40. The average Bonchev–Trinajstić information content (AvgIpc) is 2.78. The third kappa shape index (κ3) is 3.81. The van der Waals surface area contributed by atoms with Gasteiger partial charge >= 0.3 is 0 Å². The van der Waals surface area contributed by atoms with Crippen molar-refractivity contribution >= 4 is 15.9 Å². The molecule has 1 fully saturated rings. The van der Waals surface area contributed by atoms with Crippen molar-refractivity contribution in [3.05, 3.63) is 28.2 Å². The van der Waals surface area contributed by atoms with Gasteiger partial charge in [0.1, 0.15) is 5.75 Å². The van der Waals surface area contributed by atoms with Crippen LogP contribution in [-0.2, 0) is 0 Å². The van der Waals surface area contributed by atoms with Gasteiger partial charge in [-0.3, -0.25) is 0 Å². The lowest BCUT2D eigenvalue weighted by molar-refractivity contribution is 0.199. The van der Waals surface area contributed by atoms with E-state index in [2.05, 4.69) is 60.2 Å². The van der Waals surface area contributed by atoms with Gasteiger partial charge in [0.05, 0.1) is 11.1 Å². The summed E-state index contributed by atoms with van der Waals surface area (Å²) in [5.41, 5.74) is 1.78. The molecule has 1 aliphatic carbocycles. The van der Waals surface area contributed by atoms with Crippen molar-refractivity contribution < 1.29 is 4.74 Å². The van der Waals surface area contributed by atoms with Gasteiger partial charge in [-0.1, -0.05) is 33.3 Å². The highest BCUT2D eigenvalue weighted by atomic mass is 79.9. The first-order chi connectivity index (χ1) is 9.99. The van der Waals surface area contributed by atoms with Gasteiger partial charge in [0.15, 0.2) is 0 Å². The van der Waals surface area contributed by atoms with E-state index in [4.69, 9.17) is 4.74 Å². The molecule has 2 atom stereocenters. The molecule has 1 N–H and O–H groups in total. The summed E-state index contributed by atoms with van der Waals surface area (Å²) in [6, 6.07) is 6.97. The fourth-order valence-corrected chi connectivity index (χ4v) is 4.18. The first-order valence-corrected chi connectivity index (χ1v) is 8.94. The molecule has 2 unspecified atom stereocenters. The molecule has 2 nitrogen and oxygen atoms in total. The summed E-state index contributed by atoms with van der Waals surface area (Å²) in [7, 11) is 0. The summed E-state index contributed by atoms with van der Waals surface area (Å²) in [4.78, 5) is 0. The SMILES string of the molecule is CCNC(c1ccc(OCC)c(Br)c1)C1CCCC1(C)C. The highest BCUT2D eigenvalue weighted by molar-refractivity contribution is 9.10. The normalized spacial score (nSPS) is 22.2. The van der Waals surface area contributed by atoms with Gasteiger partial charge in [0.25, 0.3) is 0 Å². The van der Waals surface area contributed by atoms with Crippen LogP contribution in [0.5, 0.6) is 5.75 Å². The maximum absolute atomic E-state index is 5.63. The zero-order chi connectivity index (χ0) is 15.5. The van der Waals surface area contributed by atoms with E-state index in [-0.39, 0.29) is 0 Å². The Morgan fingerprint density at radius 3 is 2.67 bits per heavy atom. The topological polar surface area (TPSA) is 21.3 Å². The standard InChI is InChI=1S/C18H28BrNO/c1-5-20-17(14-8-7-11-18(14,3)4)13-9-10-16(21-6-2)15(19)12-13/h9-10,12,14,17,20H,5-8,11H2,1-4H3. The number of rotatable bonds is 6. The Balaban J connectivity index is 2.28. The Kier molecular flexibility index (Phi) is 5.73. The number of nitrogens with one attached hydrogen (secondary N) is 1. The Morgan fingerprint density at radius 2 is 2.14 bits per heavy atom. The van der Waals surface area contributed by atoms with Gasteiger partial charge in [-0.25, -0.2) is 0 Å². The molecule has 0 bridgehead atoms. The molecule has 3 heteroatoms. The summed E-state index contributed by atoms with van der Waals surface area (Å²) >= 11 is 3.65. The summed E-state index contributed by atoms with van der Waals surface area (Å²) in [6.07, 6.45) is 3.99. The molecule has 0 amide bonds. The second-order valence-corrected chi connectivity index (χ2v) is 7.50. The quantitative estimate of drug-likeness (QED) is 0.746. The predicted molar refractivity (Wildman–Crippen MR) is 92.9 cm³/mol. The van der Waals surface area contributed by atoms with E-state index >= 15 is 0 Å². The van der Waals surface area contributed by atoms with Crippen LogP contribution in [0.3, 0.4) is 0 Å². The first-order valence-electron chi connectivity index (χ1n) is 8.15. The van der Waals surface area contributed by atoms with Gasteiger partial charge in [-0.2, -0.15) is 0 Å². The number of ether oxygens (including phenoxy) is 1. The smallest absolute Gasteiger partial charge is 0.133 e. The van der Waals surface area contributed by atoms with Crippen molar-refractivity contribution in [1.29, 1.82) is 0 Å². The van der Waals surface area contributed by atoms with Crippen molar-refractivity contribution in [3.8, 4) is 5.75 Å². The molecular weight excluding hydrogens is 326 g/mol. The molecule has 118 valence electrons. The van der Waals surface area contributed by atoms with Crippen molar-refractivity contribution in [1.82, 2.24) is 5.32 Å². The highest BCUT2D eigenvalue weighted by Gasteiger charge is 2.39. The molecule has 0 saturated heterocycles. The van der Waals surface area contributed by atoms with Crippen molar-refractivity contribution in [3.63, 3.8) is 0 Å². The van der Waals surface area contributed by atoms with Crippen LogP contribution in [0.2, 0.25) is 0 Å². The van der Waals surface area contributed by atoms with Gasteiger partial charge in [0, 0.05) is 6.04 Å². The molecule has 21 heavy (non-hydrogen) atoms. The van der Waals surface area contributed by atoms with Crippen LogP contribution in [-0.4, -0.2) is 13.2 Å². The van der Waals surface area contributed by atoms with Gasteiger partial charge < -0.3 is 10.1 Å². The van der Waals surface area contributed by atoms with Crippen LogP contribution >= 0.6 is 15.9 Å². The fraction of sp³-hybridized carbons (Fsp3) is 0.667. The second kappa shape index (κ2) is 7.15. The van der Waals surface area contributed by atoms with Crippen molar-refractivity contribution in [2.24, 2.45) is 11.3 Å². The van der Waals surface area contributed by atoms with Gasteiger partial charge in [-0.15, -0.1) is 0 Å². The number of hydrogen-bond donors (Lipinski definition) is 1. The molecule has 0 aromatic heterocycles. The molecule has 1 aromatic carbocycles. The maximum atomic E-state index is 5.63. The van der Waals surface area contributed by atoms with Crippen LogP contribution in [0.25, 0.3) is 0 Å². The van der Waals surface area contributed by atoms with E-state index in [1.807, 2.05) is 6.92 Å². The minimum absolute atomic E-state index is 0.415. The van der Waals surface area contributed by atoms with Crippen LogP contribution in [0.15, 0.2) is 22.7 Å². The van der Waals surface area contributed by atoms with Crippen molar-refractivity contribution in [2.45, 2.75) is 53.0 Å². The number of hydrogen-bond acceptors (Lipinski definition) is 2. The number of benzene rings is 1. The average molecular weight is 354 g/mol. The molecule has 1 aromatic rings. The molecule has 1 aliphatic rings. The summed E-state index contributed by atoms with van der Waals surface area (Å²) < 4.78 is 6.69. The van der Waals surface area contributed by atoms with E-state index in [0.717, 1.165) is 16.8 Å². The third-order valence-electron chi connectivity index (χ3n) is 4.78. The van der Waals surface area contributed by atoms with Crippen LogP contribution in [0, 0.1) is 11.3 Å². The summed E-state index contributed by atoms with van der Waals surface area (Å²) in [6.45, 7) is 10.7. The Bertz CT molecular complexity index is 472. The molecule has 0 aliphatic heterocycles. The molecule has 0 radical (unpaired) electrons. The largest absolute Gasteiger partial charge is 0.493 e. The maximum Gasteiger partial charge on any atom is 0.133 e. The van der Waals surface area contributed by atoms with E-state index in [1.165, 1.54) is 24.8 Å². The van der Waals surface area contributed by atoms with E-state index in [9.17, 15) is 0 Å². The fourth-order valence-electron chi connectivity index (χ4n) is 3.67. The van der Waals surface area contributed by atoms with E-state index in [1.54, 1.807) is 0 Å². The lowest BCUT2D eigenvalue weighted by Gasteiger charge is -2.35. The zero-order valence-corrected chi connectivity index (χ0v) is 15.3. The Hall–Kier alpha value is -0.540. The highest BCUT2D eigenvalue weighted by Crippen LogP contribution is 2.49. The molecule has 1 saturated carbocycles. The van der Waals surface area contributed by atoms with Crippen LogP contribution in [0.4, 0.5) is 0 Å². The zero-order valence-electron chi connectivity index (χ0n) is 13.7. The monoisotopic (exact) mass is 353 g/mol. The van der Waals surface area contributed by atoms with Gasteiger partial charge in [-0.05, 0) is 71.3 Å². The van der Waals surface area contributed by atoms with Crippen molar-refractivity contribution in [2.75, 3.05) is 13.2 Å². The molecule has 0 spiro atoms. The molecule has 0 heterocycles. The second-order valence-electron chi connectivity index (χ2n) is 6.65. The lowest BCUT2D eigenvalue weighted by atomic mass is 9.75. The van der Waals surface area contributed by atoms with E-state index in [0.29, 0.717) is 24.0 Å². The lowest BCUT2D eigenvalue weighted by Crippen LogP contribution is -2.33. The van der Waals surface area contributed by atoms with Crippen LogP contribution < -0.4 is 10.1 Å². The first kappa shape index (κ1) is 16.8. The molecule has 2 rings (SSSR count).